The molecular weight excluding hydrogens is 300 g/mol. The van der Waals surface area contributed by atoms with Gasteiger partial charge in [-0.2, -0.15) is 0 Å². The molecule has 1 heterocycles. The number of carbonyl (C=O) groups excluding carboxylic acids is 1. The van der Waals surface area contributed by atoms with E-state index in [2.05, 4.69) is 4.99 Å². The van der Waals surface area contributed by atoms with Gasteiger partial charge in [0, 0.05) is 23.2 Å². The average Bonchev–Trinajstić information content (AvgIpc) is 2.64. The monoisotopic (exact) mass is 314 g/mol. The van der Waals surface area contributed by atoms with Gasteiger partial charge in [0.1, 0.15) is 0 Å². The molecule has 0 unspecified atom stereocenters. The van der Waals surface area contributed by atoms with Gasteiger partial charge in [0.25, 0.3) is 5.91 Å². The highest BCUT2D eigenvalue weighted by molar-refractivity contribution is 6.32. The van der Waals surface area contributed by atoms with Crippen molar-refractivity contribution in [3.63, 3.8) is 0 Å². The average molecular weight is 315 g/mol. The number of anilines is 1. The largest absolute Gasteiger partial charge is 0.394 e. The number of halogens is 1. The van der Waals surface area contributed by atoms with E-state index in [0.29, 0.717) is 10.7 Å². The number of fused-ring (bicyclic) bond motifs is 1. The molecule has 0 aromatic heterocycles. The van der Waals surface area contributed by atoms with Gasteiger partial charge in [-0.25, -0.2) is 0 Å². The van der Waals surface area contributed by atoms with Crippen LogP contribution >= 0.6 is 11.6 Å². The van der Waals surface area contributed by atoms with Crippen molar-refractivity contribution in [2.24, 2.45) is 4.99 Å². The topological polar surface area (TPSA) is 52.9 Å². The Hall–Kier alpha value is -2.17. The van der Waals surface area contributed by atoms with Crippen molar-refractivity contribution in [1.82, 2.24) is 0 Å². The quantitative estimate of drug-likeness (QED) is 0.926. The Labute approximate surface area is 133 Å². The van der Waals surface area contributed by atoms with E-state index >= 15 is 0 Å². The van der Waals surface area contributed by atoms with Crippen LogP contribution in [0.2, 0.25) is 5.02 Å². The molecule has 0 fully saturated rings. The van der Waals surface area contributed by atoms with Gasteiger partial charge in [-0.1, -0.05) is 41.9 Å². The second-order valence-electron chi connectivity index (χ2n) is 5.10. The van der Waals surface area contributed by atoms with Gasteiger partial charge in [-0.3, -0.25) is 9.79 Å². The normalized spacial score (nSPS) is 17.8. The Kier molecular flexibility index (Phi) is 3.96. The molecule has 5 heteroatoms. The Morgan fingerprint density at radius 1 is 1.23 bits per heavy atom. The number of benzodiazepines with no additional fused rings is 1. The number of amides is 1. The Morgan fingerprint density at radius 3 is 2.64 bits per heavy atom. The minimum atomic E-state index is -0.814. The fourth-order valence-corrected chi connectivity index (χ4v) is 2.73. The van der Waals surface area contributed by atoms with E-state index in [9.17, 15) is 9.90 Å². The van der Waals surface area contributed by atoms with Gasteiger partial charge < -0.3 is 10.0 Å². The molecular formula is C17H15ClN2O2. The summed E-state index contributed by atoms with van der Waals surface area (Å²) in [6.45, 7) is -0.332. The Bertz CT molecular complexity index is 744. The third-order valence-corrected chi connectivity index (χ3v) is 3.93. The van der Waals surface area contributed by atoms with Gasteiger partial charge in [0.2, 0.25) is 0 Å². The number of aliphatic hydroxyl groups is 1. The van der Waals surface area contributed by atoms with Gasteiger partial charge in [-0.05, 0) is 18.2 Å². The maximum atomic E-state index is 12.4. The summed E-state index contributed by atoms with van der Waals surface area (Å²) < 4.78 is 0. The van der Waals surface area contributed by atoms with Crippen molar-refractivity contribution in [2.75, 3.05) is 18.6 Å². The zero-order chi connectivity index (χ0) is 15.7. The predicted octanol–water partition coefficient (Wildman–Crippen LogP) is 2.51. The first-order valence-electron chi connectivity index (χ1n) is 6.93. The van der Waals surface area contributed by atoms with Crippen molar-refractivity contribution >= 4 is 28.9 Å². The zero-order valence-electron chi connectivity index (χ0n) is 12.0. The molecule has 0 bridgehead atoms. The number of likely N-dealkylation sites (N-methyl/N-ethyl adjacent to an activating group) is 1. The summed E-state index contributed by atoms with van der Waals surface area (Å²) in [7, 11) is 1.68. The van der Waals surface area contributed by atoms with Crippen LogP contribution in [0.3, 0.4) is 0 Å². The van der Waals surface area contributed by atoms with Crippen LogP contribution in [-0.2, 0) is 4.79 Å². The number of benzene rings is 2. The minimum absolute atomic E-state index is 0.239. The van der Waals surface area contributed by atoms with Crippen LogP contribution < -0.4 is 4.90 Å². The molecule has 0 spiro atoms. The van der Waals surface area contributed by atoms with Crippen LogP contribution in [0, 0.1) is 0 Å². The van der Waals surface area contributed by atoms with Crippen LogP contribution in [0.1, 0.15) is 11.1 Å². The van der Waals surface area contributed by atoms with Gasteiger partial charge in [-0.15, -0.1) is 0 Å². The number of aliphatic hydroxyl groups excluding tert-OH is 1. The maximum Gasteiger partial charge on any atom is 0.253 e. The van der Waals surface area contributed by atoms with Crippen LogP contribution in [0.15, 0.2) is 53.5 Å². The molecule has 2 aromatic rings. The Morgan fingerprint density at radius 2 is 1.95 bits per heavy atom. The van der Waals surface area contributed by atoms with Gasteiger partial charge in [0.15, 0.2) is 6.04 Å². The lowest BCUT2D eigenvalue weighted by molar-refractivity contribution is -0.120. The number of hydrogen-bond donors (Lipinski definition) is 1. The second kappa shape index (κ2) is 5.91. The molecule has 22 heavy (non-hydrogen) atoms. The molecule has 3 rings (SSSR count). The standard InChI is InChI=1S/C17H15ClN2O2/c1-20-15-8-7-12(18)9-13(15)16(11-5-3-2-4-6-11)19-14(10-21)17(20)22/h2-9,14,21H,10H2,1H3/t14-/m1/s1. The van der Waals surface area contributed by atoms with Crippen molar-refractivity contribution in [3.05, 3.63) is 64.7 Å². The molecule has 1 aliphatic rings. The van der Waals surface area contributed by atoms with Crippen LogP contribution in [0.5, 0.6) is 0 Å². The first kappa shape index (κ1) is 14.8. The van der Waals surface area contributed by atoms with E-state index in [1.165, 1.54) is 4.90 Å². The lowest BCUT2D eigenvalue weighted by Gasteiger charge is -2.19. The maximum absolute atomic E-state index is 12.4. The summed E-state index contributed by atoms with van der Waals surface area (Å²) in [6.07, 6.45) is 0. The first-order valence-corrected chi connectivity index (χ1v) is 7.31. The van der Waals surface area contributed by atoms with Crippen LogP contribution in [-0.4, -0.2) is 36.4 Å². The van der Waals surface area contributed by atoms with Crippen molar-refractivity contribution in [2.45, 2.75) is 6.04 Å². The molecule has 1 atom stereocenters. The van der Waals surface area contributed by atoms with Gasteiger partial charge in [0.05, 0.1) is 18.0 Å². The molecule has 0 radical (unpaired) electrons. The Balaban J connectivity index is 2.27. The number of rotatable bonds is 2. The fourth-order valence-electron chi connectivity index (χ4n) is 2.56. The van der Waals surface area contributed by atoms with E-state index in [1.807, 2.05) is 30.3 Å². The summed E-state index contributed by atoms with van der Waals surface area (Å²) in [5, 5.41) is 10.1. The molecule has 0 saturated carbocycles. The van der Waals surface area contributed by atoms with Crippen LogP contribution in [0.4, 0.5) is 5.69 Å². The molecule has 112 valence electrons. The summed E-state index contributed by atoms with van der Waals surface area (Å²) >= 11 is 6.13. The zero-order valence-corrected chi connectivity index (χ0v) is 12.8. The number of nitrogens with zero attached hydrogens (tertiary/aromatic N) is 2. The first-order chi connectivity index (χ1) is 10.6. The summed E-state index contributed by atoms with van der Waals surface area (Å²) in [5.41, 5.74) is 3.06. The van der Waals surface area contributed by atoms with E-state index in [4.69, 9.17) is 11.6 Å². The summed E-state index contributed by atoms with van der Waals surface area (Å²) in [4.78, 5) is 18.4. The highest BCUT2D eigenvalue weighted by Gasteiger charge is 2.29. The van der Waals surface area contributed by atoms with E-state index < -0.39 is 6.04 Å². The molecule has 4 nitrogen and oxygen atoms in total. The van der Waals surface area contributed by atoms with Crippen molar-refractivity contribution < 1.29 is 9.90 Å². The lowest BCUT2D eigenvalue weighted by Crippen LogP contribution is -2.36. The molecule has 2 aromatic carbocycles. The third kappa shape index (κ3) is 2.51. The molecule has 1 amide bonds. The SMILES string of the molecule is CN1C(=O)[C@@H](CO)N=C(c2ccccc2)c2cc(Cl)ccc21. The van der Waals surface area contributed by atoms with E-state index in [-0.39, 0.29) is 12.5 Å². The van der Waals surface area contributed by atoms with E-state index in [0.717, 1.165) is 16.8 Å². The summed E-state index contributed by atoms with van der Waals surface area (Å²) in [5.74, 6) is -0.239. The van der Waals surface area contributed by atoms with Crippen molar-refractivity contribution in [3.8, 4) is 0 Å². The number of hydrogen-bond acceptors (Lipinski definition) is 3. The van der Waals surface area contributed by atoms with Crippen molar-refractivity contribution in [1.29, 1.82) is 0 Å². The second-order valence-corrected chi connectivity index (χ2v) is 5.54. The number of carbonyl (C=O) groups is 1. The lowest BCUT2D eigenvalue weighted by atomic mass is 10.0. The van der Waals surface area contributed by atoms with Crippen LogP contribution in [0.25, 0.3) is 0 Å². The molecule has 1 N–H and O–H groups in total. The third-order valence-electron chi connectivity index (χ3n) is 3.70. The smallest absolute Gasteiger partial charge is 0.253 e. The predicted molar refractivity (Wildman–Crippen MR) is 87.8 cm³/mol. The fraction of sp³-hybridized carbons (Fsp3) is 0.176. The number of aliphatic imine (C=N–C) groups is 1. The highest BCUT2D eigenvalue weighted by Crippen LogP contribution is 2.30. The molecule has 0 saturated heterocycles. The van der Waals surface area contributed by atoms with E-state index in [1.54, 1.807) is 25.2 Å². The summed E-state index contributed by atoms with van der Waals surface area (Å²) in [6, 6.07) is 14.1. The highest BCUT2D eigenvalue weighted by atomic mass is 35.5. The minimum Gasteiger partial charge on any atom is -0.394 e. The molecule has 0 aliphatic carbocycles. The van der Waals surface area contributed by atoms with Gasteiger partial charge >= 0.3 is 0 Å². The molecule has 1 aliphatic heterocycles.